The fourth-order valence-corrected chi connectivity index (χ4v) is 2.09. The standard InChI is InChI=1S/C10H9F3O3S/c1-2-17(15,16)8-5-3-4-7(6-8)9(14)10(11,12)13/h3-6H,2H2,1H3. The Hall–Kier alpha value is -1.37. The fraction of sp³-hybridized carbons (Fsp3) is 0.300. The highest BCUT2D eigenvalue weighted by molar-refractivity contribution is 7.91. The molecule has 0 N–H and O–H groups in total. The quantitative estimate of drug-likeness (QED) is 0.788. The van der Waals surface area contributed by atoms with Gasteiger partial charge in [-0.3, -0.25) is 4.79 Å². The van der Waals surface area contributed by atoms with Gasteiger partial charge in [0.2, 0.25) is 0 Å². The number of carbonyl (C=O) groups excluding carboxylic acids is 1. The van der Waals surface area contributed by atoms with Crippen molar-refractivity contribution in [2.24, 2.45) is 0 Å². The molecule has 0 fully saturated rings. The highest BCUT2D eigenvalue weighted by Gasteiger charge is 2.39. The number of carbonyl (C=O) groups is 1. The summed E-state index contributed by atoms with van der Waals surface area (Å²) in [5, 5.41) is 0. The number of sulfone groups is 1. The molecule has 0 spiro atoms. The molecule has 0 saturated heterocycles. The van der Waals surface area contributed by atoms with Crippen LogP contribution in [0.2, 0.25) is 0 Å². The van der Waals surface area contributed by atoms with E-state index < -0.39 is 27.4 Å². The molecule has 0 aromatic heterocycles. The summed E-state index contributed by atoms with van der Waals surface area (Å²) in [6.07, 6.45) is -5.01. The van der Waals surface area contributed by atoms with Crippen molar-refractivity contribution in [3.05, 3.63) is 29.8 Å². The Labute approximate surface area is 96.2 Å². The maximum absolute atomic E-state index is 12.1. The third-order valence-electron chi connectivity index (χ3n) is 2.09. The number of alkyl halides is 3. The molecule has 1 aromatic rings. The summed E-state index contributed by atoms with van der Waals surface area (Å²) >= 11 is 0. The molecule has 0 aliphatic heterocycles. The second-order valence-corrected chi connectivity index (χ2v) is 5.54. The van der Waals surface area contributed by atoms with Crippen molar-refractivity contribution in [2.75, 3.05) is 5.75 Å². The van der Waals surface area contributed by atoms with Crippen molar-refractivity contribution in [3.63, 3.8) is 0 Å². The first-order valence-electron chi connectivity index (χ1n) is 4.63. The monoisotopic (exact) mass is 266 g/mol. The number of ketones is 1. The summed E-state index contributed by atoms with van der Waals surface area (Å²) in [5.74, 6) is -2.29. The van der Waals surface area contributed by atoms with Crippen LogP contribution < -0.4 is 0 Å². The van der Waals surface area contributed by atoms with Crippen LogP contribution in [0.4, 0.5) is 13.2 Å². The van der Waals surface area contributed by atoms with Gasteiger partial charge in [0.1, 0.15) is 0 Å². The van der Waals surface area contributed by atoms with Gasteiger partial charge in [0.05, 0.1) is 10.6 Å². The molecule has 0 unspecified atom stereocenters. The highest BCUT2D eigenvalue weighted by Crippen LogP contribution is 2.23. The van der Waals surface area contributed by atoms with Gasteiger partial charge >= 0.3 is 6.18 Å². The van der Waals surface area contributed by atoms with Crippen molar-refractivity contribution >= 4 is 15.6 Å². The number of Topliss-reactive ketones (excluding diaryl/α,β-unsaturated/α-hetero) is 1. The molecule has 0 aliphatic rings. The first-order valence-corrected chi connectivity index (χ1v) is 6.28. The summed E-state index contributed by atoms with van der Waals surface area (Å²) in [6, 6.07) is 3.95. The van der Waals surface area contributed by atoms with E-state index in [1.165, 1.54) is 6.92 Å². The van der Waals surface area contributed by atoms with Crippen LogP contribution in [0.5, 0.6) is 0 Å². The van der Waals surface area contributed by atoms with E-state index in [0.717, 1.165) is 24.3 Å². The van der Waals surface area contributed by atoms with Gasteiger partial charge in [-0.1, -0.05) is 19.1 Å². The summed E-state index contributed by atoms with van der Waals surface area (Å²) in [6.45, 7) is 1.37. The van der Waals surface area contributed by atoms with Crippen LogP contribution in [0.25, 0.3) is 0 Å². The normalized spacial score (nSPS) is 12.5. The van der Waals surface area contributed by atoms with Crippen LogP contribution in [0.3, 0.4) is 0 Å². The molecule has 94 valence electrons. The molecule has 0 heterocycles. The summed E-state index contributed by atoms with van der Waals surface area (Å²) < 4.78 is 59.3. The van der Waals surface area contributed by atoms with Crippen molar-refractivity contribution in [1.82, 2.24) is 0 Å². The Morgan fingerprint density at radius 1 is 1.29 bits per heavy atom. The van der Waals surface area contributed by atoms with Gasteiger partial charge in [0.15, 0.2) is 9.84 Å². The zero-order valence-electron chi connectivity index (χ0n) is 8.78. The minimum absolute atomic E-state index is 0.239. The SMILES string of the molecule is CCS(=O)(=O)c1cccc(C(=O)C(F)(F)F)c1. The molecular weight excluding hydrogens is 257 g/mol. The van der Waals surface area contributed by atoms with Crippen molar-refractivity contribution in [2.45, 2.75) is 18.0 Å². The lowest BCUT2D eigenvalue weighted by Gasteiger charge is -2.07. The minimum atomic E-state index is -5.01. The zero-order chi connectivity index (χ0) is 13.3. The second-order valence-electron chi connectivity index (χ2n) is 3.26. The minimum Gasteiger partial charge on any atom is -0.284 e. The predicted molar refractivity (Wildman–Crippen MR) is 54.6 cm³/mol. The Bertz CT molecular complexity index is 532. The maximum Gasteiger partial charge on any atom is 0.454 e. The Balaban J connectivity index is 3.25. The van der Waals surface area contributed by atoms with Crippen LogP contribution in [0, 0.1) is 0 Å². The molecule has 1 aromatic carbocycles. The lowest BCUT2D eigenvalue weighted by atomic mass is 10.1. The molecule has 7 heteroatoms. The molecule has 3 nitrogen and oxygen atoms in total. The van der Waals surface area contributed by atoms with Crippen LogP contribution in [0.1, 0.15) is 17.3 Å². The van der Waals surface area contributed by atoms with Gasteiger partial charge < -0.3 is 0 Å². The Kier molecular flexibility index (Phi) is 3.61. The molecule has 0 amide bonds. The summed E-state index contributed by atoms with van der Waals surface area (Å²) in [7, 11) is -3.62. The molecule has 0 aliphatic carbocycles. The van der Waals surface area contributed by atoms with Crippen LogP contribution >= 0.6 is 0 Å². The first-order chi connectivity index (χ1) is 7.68. The number of hydrogen-bond acceptors (Lipinski definition) is 3. The molecule has 17 heavy (non-hydrogen) atoms. The molecule has 0 bridgehead atoms. The van der Waals surface area contributed by atoms with Crippen LogP contribution in [0.15, 0.2) is 29.2 Å². The van der Waals surface area contributed by atoms with Gasteiger partial charge in [-0.25, -0.2) is 8.42 Å². The van der Waals surface area contributed by atoms with Gasteiger partial charge in [0.25, 0.3) is 5.78 Å². The van der Waals surface area contributed by atoms with Crippen molar-refractivity contribution < 1.29 is 26.4 Å². The van der Waals surface area contributed by atoms with E-state index in [4.69, 9.17) is 0 Å². The van der Waals surface area contributed by atoms with Gasteiger partial charge in [0, 0.05) is 5.56 Å². The zero-order valence-corrected chi connectivity index (χ0v) is 9.60. The molecule has 0 saturated carbocycles. The maximum atomic E-state index is 12.1. The number of hydrogen-bond donors (Lipinski definition) is 0. The lowest BCUT2D eigenvalue weighted by Crippen LogP contribution is -2.23. The first kappa shape index (κ1) is 13.7. The average molecular weight is 266 g/mol. The van der Waals surface area contributed by atoms with E-state index in [2.05, 4.69) is 0 Å². The Morgan fingerprint density at radius 2 is 1.88 bits per heavy atom. The lowest BCUT2D eigenvalue weighted by molar-refractivity contribution is -0.0885. The molecule has 0 atom stereocenters. The Morgan fingerprint density at radius 3 is 2.35 bits per heavy atom. The van der Waals surface area contributed by atoms with Gasteiger partial charge in [-0.05, 0) is 12.1 Å². The number of rotatable bonds is 3. The van der Waals surface area contributed by atoms with E-state index in [0.29, 0.717) is 0 Å². The smallest absolute Gasteiger partial charge is 0.284 e. The third-order valence-corrected chi connectivity index (χ3v) is 3.83. The molecule has 0 radical (unpaired) electrons. The molecular formula is C10H9F3O3S. The van der Waals surface area contributed by atoms with Crippen LogP contribution in [-0.2, 0) is 9.84 Å². The van der Waals surface area contributed by atoms with Crippen molar-refractivity contribution in [3.8, 4) is 0 Å². The predicted octanol–water partition coefficient (Wildman–Crippen LogP) is 2.23. The van der Waals surface area contributed by atoms with Crippen LogP contribution in [-0.4, -0.2) is 26.1 Å². The highest BCUT2D eigenvalue weighted by atomic mass is 32.2. The van der Waals surface area contributed by atoms with Gasteiger partial charge in [-0.15, -0.1) is 0 Å². The molecule has 1 rings (SSSR count). The topological polar surface area (TPSA) is 51.2 Å². The van der Waals surface area contributed by atoms with Crippen molar-refractivity contribution in [1.29, 1.82) is 0 Å². The van der Waals surface area contributed by atoms with E-state index in [-0.39, 0.29) is 10.6 Å². The second kappa shape index (κ2) is 4.48. The largest absolute Gasteiger partial charge is 0.454 e. The van der Waals surface area contributed by atoms with Gasteiger partial charge in [-0.2, -0.15) is 13.2 Å². The summed E-state index contributed by atoms with van der Waals surface area (Å²) in [5.41, 5.74) is -0.674. The summed E-state index contributed by atoms with van der Waals surface area (Å²) in [4.78, 5) is 10.6. The average Bonchev–Trinajstić information content (AvgIpc) is 2.27. The third kappa shape index (κ3) is 3.06. The fourth-order valence-electron chi connectivity index (χ4n) is 1.16. The number of halogens is 3. The van der Waals surface area contributed by atoms with E-state index in [9.17, 15) is 26.4 Å². The van der Waals surface area contributed by atoms with E-state index in [1.54, 1.807) is 0 Å². The van der Waals surface area contributed by atoms with E-state index >= 15 is 0 Å². The number of benzene rings is 1. The van der Waals surface area contributed by atoms with E-state index in [1.807, 2.05) is 0 Å².